The highest BCUT2D eigenvalue weighted by Gasteiger charge is 2.07. The Kier molecular flexibility index (Phi) is 5.37. The molecular formula is C20H23ClN2. The summed E-state index contributed by atoms with van der Waals surface area (Å²) >= 11 is 5.92. The molecule has 3 aromatic rings. The zero-order chi connectivity index (χ0) is 16.1. The van der Waals surface area contributed by atoms with Gasteiger partial charge >= 0.3 is 0 Å². The van der Waals surface area contributed by atoms with E-state index >= 15 is 0 Å². The van der Waals surface area contributed by atoms with Crippen LogP contribution in [0.2, 0.25) is 5.02 Å². The highest BCUT2D eigenvalue weighted by atomic mass is 35.5. The van der Waals surface area contributed by atoms with E-state index in [-0.39, 0.29) is 0 Å². The lowest BCUT2D eigenvalue weighted by molar-refractivity contribution is 0.674. The van der Waals surface area contributed by atoms with Crippen LogP contribution < -0.4 is 5.32 Å². The Balaban J connectivity index is 1.62. The summed E-state index contributed by atoms with van der Waals surface area (Å²) in [6.45, 7) is 5.17. The second kappa shape index (κ2) is 7.67. The van der Waals surface area contributed by atoms with Gasteiger partial charge in [-0.15, -0.1) is 0 Å². The van der Waals surface area contributed by atoms with Crippen LogP contribution in [0.15, 0.2) is 54.7 Å². The van der Waals surface area contributed by atoms with Gasteiger partial charge in [-0.2, -0.15) is 0 Å². The molecule has 0 aliphatic heterocycles. The third-order valence-corrected chi connectivity index (χ3v) is 4.41. The van der Waals surface area contributed by atoms with E-state index in [4.69, 9.17) is 11.6 Å². The molecule has 0 unspecified atom stereocenters. The molecule has 1 aromatic heterocycles. The van der Waals surface area contributed by atoms with Gasteiger partial charge in [0.25, 0.3) is 0 Å². The van der Waals surface area contributed by atoms with Crippen molar-refractivity contribution in [1.29, 1.82) is 0 Å². The van der Waals surface area contributed by atoms with Gasteiger partial charge in [-0.3, -0.25) is 0 Å². The summed E-state index contributed by atoms with van der Waals surface area (Å²) in [7, 11) is 0. The first-order valence-corrected chi connectivity index (χ1v) is 8.67. The molecule has 0 saturated carbocycles. The van der Waals surface area contributed by atoms with Gasteiger partial charge in [0.1, 0.15) is 0 Å². The average molecular weight is 327 g/mol. The number of halogens is 1. The fraction of sp³-hybridized carbons (Fsp3) is 0.300. The van der Waals surface area contributed by atoms with Gasteiger partial charge in [-0.1, -0.05) is 48.9 Å². The van der Waals surface area contributed by atoms with Crippen LogP contribution in [-0.2, 0) is 19.5 Å². The average Bonchev–Trinajstić information content (AvgIpc) is 2.92. The van der Waals surface area contributed by atoms with Gasteiger partial charge in [-0.05, 0) is 48.7 Å². The number of hydrogen-bond donors (Lipinski definition) is 1. The molecule has 0 aliphatic rings. The first-order valence-electron chi connectivity index (χ1n) is 8.30. The van der Waals surface area contributed by atoms with Crippen LogP contribution in [0.3, 0.4) is 0 Å². The topological polar surface area (TPSA) is 17.0 Å². The molecule has 0 atom stereocenters. The Hall–Kier alpha value is -1.77. The van der Waals surface area contributed by atoms with Crippen molar-refractivity contribution in [2.24, 2.45) is 0 Å². The van der Waals surface area contributed by atoms with Gasteiger partial charge < -0.3 is 9.88 Å². The highest BCUT2D eigenvalue weighted by Crippen LogP contribution is 2.21. The molecule has 1 heterocycles. The minimum absolute atomic E-state index is 0.797. The Bertz CT molecular complexity index is 759. The third kappa shape index (κ3) is 3.95. The summed E-state index contributed by atoms with van der Waals surface area (Å²) in [5.41, 5.74) is 4.03. The molecule has 0 bridgehead atoms. The molecule has 23 heavy (non-hydrogen) atoms. The Morgan fingerprint density at radius 1 is 1.04 bits per heavy atom. The third-order valence-electron chi connectivity index (χ3n) is 4.15. The number of hydrogen-bond acceptors (Lipinski definition) is 1. The number of para-hydroxylation sites is 1. The summed E-state index contributed by atoms with van der Waals surface area (Å²) in [4.78, 5) is 0. The largest absolute Gasteiger partial charge is 0.347 e. The van der Waals surface area contributed by atoms with Crippen molar-refractivity contribution in [3.63, 3.8) is 0 Å². The summed E-state index contributed by atoms with van der Waals surface area (Å²) < 4.78 is 2.37. The van der Waals surface area contributed by atoms with Crippen molar-refractivity contribution < 1.29 is 0 Å². The first-order chi connectivity index (χ1) is 11.3. The van der Waals surface area contributed by atoms with Crippen molar-refractivity contribution in [3.05, 3.63) is 70.9 Å². The van der Waals surface area contributed by atoms with Crippen LogP contribution in [0.1, 0.15) is 24.5 Å². The summed E-state index contributed by atoms with van der Waals surface area (Å²) in [5.74, 6) is 0. The van der Waals surface area contributed by atoms with E-state index in [2.05, 4.69) is 59.4 Å². The van der Waals surface area contributed by atoms with Crippen LogP contribution in [-0.4, -0.2) is 11.1 Å². The Morgan fingerprint density at radius 3 is 2.61 bits per heavy atom. The highest BCUT2D eigenvalue weighted by molar-refractivity contribution is 6.30. The zero-order valence-electron chi connectivity index (χ0n) is 13.6. The molecule has 1 N–H and O–H groups in total. The second-order valence-electron chi connectivity index (χ2n) is 5.92. The van der Waals surface area contributed by atoms with Gasteiger partial charge in [-0.25, -0.2) is 0 Å². The number of benzene rings is 2. The number of aromatic nitrogens is 1. The molecule has 0 aliphatic carbocycles. The molecule has 0 fully saturated rings. The standard InChI is InChI=1S/C20H23ClN2/c1-2-13-23-15-17(19-5-3-4-6-20(19)23)14-22-12-11-16-7-9-18(21)10-8-16/h3-10,15,22H,2,11-14H2,1H3. The number of fused-ring (bicyclic) bond motifs is 1. The smallest absolute Gasteiger partial charge is 0.0483 e. The maximum absolute atomic E-state index is 5.92. The normalized spacial score (nSPS) is 11.2. The molecule has 3 rings (SSSR count). The molecule has 0 amide bonds. The number of nitrogens with zero attached hydrogens (tertiary/aromatic N) is 1. The zero-order valence-corrected chi connectivity index (χ0v) is 14.3. The Labute approximate surface area is 143 Å². The van der Waals surface area contributed by atoms with E-state index in [1.807, 2.05) is 12.1 Å². The molecule has 0 saturated heterocycles. The van der Waals surface area contributed by atoms with E-state index in [0.717, 1.165) is 37.5 Å². The lowest BCUT2D eigenvalue weighted by Gasteiger charge is -2.04. The number of nitrogens with one attached hydrogen (secondary N) is 1. The predicted molar refractivity (Wildman–Crippen MR) is 99.1 cm³/mol. The Morgan fingerprint density at radius 2 is 1.83 bits per heavy atom. The van der Waals surface area contributed by atoms with Gasteiger partial charge in [0.2, 0.25) is 0 Å². The van der Waals surface area contributed by atoms with Crippen LogP contribution >= 0.6 is 11.6 Å². The SMILES string of the molecule is CCCn1cc(CNCCc2ccc(Cl)cc2)c2ccccc21. The molecule has 2 nitrogen and oxygen atoms in total. The van der Waals surface area contributed by atoms with E-state index in [1.165, 1.54) is 22.0 Å². The molecule has 0 spiro atoms. The van der Waals surface area contributed by atoms with Crippen molar-refractivity contribution in [2.45, 2.75) is 32.9 Å². The summed E-state index contributed by atoms with van der Waals surface area (Å²) in [5, 5.41) is 5.72. The monoisotopic (exact) mass is 326 g/mol. The molecule has 3 heteroatoms. The van der Waals surface area contributed by atoms with Crippen molar-refractivity contribution in [2.75, 3.05) is 6.54 Å². The summed E-state index contributed by atoms with van der Waals surface area (Å²) in [6, 6.07) is 16.8. The van der Waals surface area contributed by atoms with Crippen LogP contribution in [0.25, 0.3) is 10.9 Å². The lowest BCUT2D eigenvalue weighted by Crippen LogP contribution is -2.16. The van der Waals surface area contributed by atoms with Crippen molar-refractivity contribution >= 4 is 22.5 Å². The molecule has 0 radical (unpaired) electrons. The maximum Gasteiger partial charge on any atom is 0.0483 e. The van der Waals surface area contributed by atoms with Crippen LogP contribution in [0.5, 0.6) is 0 Å². The fourth-order valence-electron chi connectivity index (χ4n) is 3.00. The second-order valence-corrected chi connectivity index (χ2v) is 6.35. The predicted octanol–water partition coefficient (Wildman–Crippen LogP) is 5.04. The number of aryl methyl sites for hydroxylation is 1. The van der Waals surface area contributed by atoms with E-state index in [1.54, 1.807) is 0 Å². The summed E-state index contributed by atoms with van der Waals surface area (Å²) in [6.07, 6.45) is 4.47. The lowest BCUT2D eigenvalue weighted by atomic mass is 10.1. The minimum Gasteiger partial charge on any atom is -0.347 e. The molecule has 120 valence electrons. The van der Waals surface area contributed by atoms with E-state index in [0.29, 0.717) is 0 Å². The maximum atomic E-state index is 5.92. The molecular weight excluding hydrogens is 304 g/mol. The van der Waals surface area contributed by atoms with Gasteiger partial charge in [0.15, 0.2) is 0 Å². The van der Waals surface area contributed by atoms with Crippen molar-refractivity contribution in [3.8, 4) is 0 Å². The van der Waals surface area contributed by atoms with Crippen molar-refractivity contribution in [1.82, 2.24) is 9.88 Å². The molecule has 2 aromatic carbocycles. The first kappa shape index (κ1) is 16.1. The van der Waals surface area contributed by atoms with Crippen LogP contribution in [0.4, 0.5) is 0 Å². The van der Waals surface area contributed by atoms with Gasteiger partial charge in [0, 0.05) is 35.2 Å². The van der Waals surface area contributed by atoms with Gasteiger partial charge in [0.05, 0.1) is 0 Å². The minimum atomic E-state index is 0.797. The van der Waals surface area contributed by atoms with E-state index in [9.17, 15) is 0 Å². The number of rotatable bonds is 7. The quantitative estimate of drug-likeness (QED) is 0.602. The van der Waals surface area contributed by atoms with E-state index < -0.39 is 0 Å². The fourth-order valence-corrected chi connectivity index (χ4v) is 3.12. The van der Waals surface area contributed by atoms with Crippen LogP contribution in [0, 0.1) is 0 Å².